The minimum Gasteiger partial charge on any atom is -0.507 e. The van der Waals surface area contributed by atoms with E-state index < -0.39 is 0 Å². The highest BCUT2D eigenvalue weighted by molar-refractivity contribution is 5.97. The van der Waals surface area contributed by atoms with Crippen LogP contribution in [-0.4, -0.2) is 17.2 Å². The average Bonchev–Trinajstić information content (AvgIpc) is 2.69. The first-order valence-electron chi connectivity index (χ1n) is 8.11. The summed E-state index contributed by atoms with van der Waals surface area (Å²) in [5.74, 6) is 0.184. The van der Waals surface area contributed by atoms with Gasteiger partial charge >= 0.3 is 0 Å². The number of hydrogen-bond acceptors (Lipinski definition) is 4. The van der Waals surface area contributed by atoms with Gasteiger partial charge in [-0.25, -0.2) is 5.43 Å². The monoisotopic (exact) mass is 346 g/mol. The number of phenolic OH excluding ortho intramolecular Hbond substituents is 1. The van der Waals surface area contributed by atoms with Gasteiger partial charge in [0.25, 0.3) is 5.91 Å². The number of nitrogens with one attached hydrogen (secondary N) is 1. The van der Waals surface area contributed by atoms with Gasteiger partial charge in [-0.3, -0.25) is 4.79 Å². The zero-order valence-corrected chi connectivity index (χ0v) is 14.0. The molecule has 2 N–H and O–H groups in total. The van der Waals surface area contributed by atoms with Crippen LogP contribution in [0, 0.1) is 0 Å². The second kappa shape index (κ2) is 8.48. The lowest BCUT2D eigenvalue weighted by Crippen LogP contribution is -2.18. The molecule has 0 atom stereocenters. The van der Waals surface area contributed by atoms with Crippen molar-refractivity contribution in [1.82, 2.24) is 5.43 Å². The number of nitrogens with zero attached hydrogens (tertiary/aromatic N) is 1. The molecule has 0 aliphatic rings. The van der Waals surface area contributed by atoms with Crippen molar-refractivity contribution in [3.05, 3.63) is 95.6 Å². The van der Waals surface area contributed by atoms with Gasteiger partial charge in [-0.2, -0.15) is 5.10 Å². The van der Waals surface area contributed by atoms with Crippen LogP contribution in [0.4, 0.5) is 0 Å². The van der Waals surface area contributed by atoms with Gasteiger partial charge in [-0.05, 0) is 29.8 Å². The van der Waals surface area contributed by atoms with E-state index >= 15 is 0 Å². The summed E-state index contributed by atoms with van der Waals surface area (Å²) in [6.45, 7) is 0.367. The molecule has 1 amide bonds. The Kier molecular flexibility index (Phi) is 5.62. The van der Waals surface area contributed by atoms with Crippen LogP contribution in [0.25, 0.3) is 0 Å². The molecule has 0 saturated carbocycles. The summed E-state index contributed by atoms with van der Waals surface area (Å²) in [6, 6.07) is 23.4. The van der Waals surface area contributed by atoms with Crippen molar-refractivity contribution in [1.29, 1.82) is 0 Å². The zero-order valence-electron chi connectivity index (χ0n) is 14.0. The third-order valence-electron chi connectivity index (χ3n) is 3.68. The van der Waals surface area contributed by atoms with Crippen molar-refractivity contribution in [2.45, 2.75) is 6.61 Å². The van der Waals surface area contributed by atoms with E-state index in [4.69, 9.17) is 4.74 Å². The number of phenols is 1. The second-order valence-electron chi connectivity index (χ2n) is 5.53. The fourth-order valence-corrected chi connectivity index (χ4v) is 2.33. The quantitative estimate of drug-likeness (QED) is 0.528. The summed E-state index contributed by atoms with van der Waals surface area (Å²) in [4.78, 5) is 12.4. The minimum atomic E-state index is -0.389. The number of ether oxygens (including phenoxy) is 1. The smallest absolute Gasteiger partial charge is 0.275 e. The fraction of sp³-hybridized carbons (Fsp3) is 0.0476. The predicted molar refractivity (Wildman–Crippen MR) is 100 cm³/mol. The van der Waals surface area contributed by atoms with E-state index in [1.54, 1.807) is 42.5 Å². The molecule has 0 aliphatic heterocycles. The molecule has 0 fully saturated rings. The average molecular weight is 346 g/mol. The molecule has 0 spiro atoms. The maximum absolute atomic E-state index is 12.4. The Hall–Kier alpha value is -3.60. The first-order chi connectivity index (χ1) is 12.7. The van der Waals surface area contributed by atoms with E-state index in [1.165, 1.54) is 6.21 Å². The van der Waals surface area contributed by atoms with E-state index in [-0.39, 0.29) is 11.7 Å². The van der Waals surface area contributed by atoms with Gasteiger partial charge in [0.15, 0.2) is 0 Å². The van der Waals surface area contributed by atoms with E-state index in [0.717, 1.165) is 5.56 Å². The Morgan fingerprint density at radius 3 is 2.46 bits per heavy atom. The summed E-state index contributed by atoms with van der Waals surface area (Å²) in [6.07, 6.45) is 1.39. The van der Waals surface area contributed by atoms with Crippen molar-refractivity contribution in [3.63, 3.8) is 0 Å². The standard InChI is InChI=1S/C21H18N2O3/c24-19-12-6-4-10-17(19)14-22-23-21(25)18-11-5-7-13-20(18)26-15-16-8-2-1-3-9-16/h1-14,24H,15H2,(H,23,25). The van der Waals surface area contributed by atoms with Crippen molar-refractivity contribution in [3.8, 4) is 11.5 Å². The highest BCUT2D eigenvalue weighted by atomic mass is 16.5. The number of aromatic hydroxyl groups is 1. The Bertz CT molecular complexity index is 908. The molecule has 3 aromatic rings. The molecule has 0 aromatic heterocycles. The Labute approximate surface area is 151 Å². The first-order valence-corrected chi connectivity index (χ1v) is 8.11. The summed E-state index contributed by atoms with van der Waals surface area (Å²) < 4.78 is 5.78. The predicted octanol–water partition coefficient (Wildman–Crippen LogP) is 3.74. The molecule has 0 bridgehead atoms. The number of rotatable bonds is 6. The number of carbonyl (C=O) groups excluding carboxylic acids is 1. The number of para-hydroxylation sites is 2. The summed E-state index contributed by atoms with van der Waals surface area (Å²) in [7, 11) is 0. The molecule has 0 radical (unpaired) electrons. The summed E-state index contributed by atoms with van der Waals surface area (Å²) in [5, 5.41) is 13.6. The third kappa shape index (κ3) is 4.48. The second-order valence-corrected chi connectivity index (χ2v) is 5.53. The van der Waals surface area contributed by atoms with E-state index in [1.807, 2.05) is 36.4 Å². The molecule has 3 rings (SSSR count). The van der Waals surface area contributed by atoms with Crippen molar-refractivity contribution in [2.24, 2.45) is 5.10 Å². The van der Waals surface area contributed by atoms with Gasteiger partial charge in [0.1, 0.15) is 18.1 Å². The highest BCUT2D eigenvalue weighted by Crippen LogP contribution is 2.19. The van der Waals surface area contributed by atoms with Crippen LogP contribution in [0.15, 0.2) is 84.0 Å². The minimum absolute atomic E-state index is 0.0945. The van der Waals surface area contributed by atoms with Crippen molar-refractivity contribution < 1.29 is 14.6 Å². The summed E-state index contributed by atoms with van der Waals surface area (Å²) in [5.41, 5.74) is 4.37. The van der Waals surface area contributed by atoms with E-state index in [2.05, 4.69) is 10.5 Å². The number of amides is 1. The van der Waals surface area contributed by atoms with Crippen LogP contribution in [0.3, 0.4) is 0 Å². The molecule has 3 aromatic carbocycles. The molecular weight excluding hydrogens is 328 g/mol. The number of benzene rings is 3. The maximum Gasteiger partial charge on any atom is 0.275 e. The van der Waals surface area contributed by atoms with Gasteiger partial charge in [0, 0.05) is 5.56 Å². The summed E-state index contributed by atoms with van der Waals surface area (Å²) >= 11 is 0. The molecule has 5 nitrogen and oxygen atoms in total. The molecule has 5 heteroatoms. The lowest BCUT2D eigenvalue weighted by atomic mass is 10.2. The SMILES string of the molecule is O=C(NN=Cc1ccccc1O)c1ccccc1OCc1ccccc1. The van der Waals surface area contributed by atoms with Gasteiger partial charge < -0.3 is 9.84 Å². The normalized spacial score (nSPS) is 10.6. The van der Waals surface area contributed by atoms with Gasteiger partial charge in [-0.15, -0.1) is 0 Å². The van der Waals surface area contributed by atoms with E-state index in [0.29, 0.717) is 23.5 Å². The topological polar surface area (TPSA) is 70.9 Å². The van der Waals surface area contributed by atoms with Crippen molar-refractivity contribution in [2.75, 3.05) is 0 Å². The lowest BCUT2D eigenvalue weighted by Gasteiger charge is -2.10. The maximum atomic E-state index is 12.4. The van der Waals surface area contributed by atoms with Crippen LogP contribution >= 0.6 is 0 Å². The van der Waals surface area contributed by atoms with Crippen LogP contribution in [-0.2, 0) is 6.61 Å². The zero-order chi connectivity index (χ0) is 18.2. The van der Waals surface area contributed by atoms with Crippen LogP contribution in [0.5, 0.6) is 11.5 Å². The largest absolute Gasteiger partial charge is 0.507 e. The van der Waals surface area contributed by atoms with Crippen molar-refractivity contribution >= 4 is 12.1 Å². The Morgan fingerprint density at radius 1 is 0.962 bits per heavy atom. The molecule has 0 unspecified atom stereocenters. The molecule has 130 valence electrons. The third-order valence-corrected chi connectivity index (χ3v) is 3.68. The highest BCUT2D eigenvalue weighted by Gasteiger charge is 2.11. The van der Waals surface area contributed by atoms with Crippen LogP contribution in [0.2, 0.25) is 0 Å². The Balaban J connectivity index is 1.67. The molecule has 0 saturated heterocycles. The number of carbonyl (C=O) groups is 1. The molecule has 0 heterocycles. The molecule has 26 heavy (non-hydrogen) atoms. The molecule has 0 aliphatic carbocycles. The first kappa shape index (κ1) is 17.2. The number of hydrogen-bond donors (Lipinski definition) is 2. The van der Waals surface area contributed by atoms with Gasteiger partial charge in [-0.1, -0.05) is 54.6 Å². The van der Waals surface area contributed by atoms with Crippen LogP contribution < -0.4 is 10.2 Å². The molecular formula is C21H18N2O3. The van der Waals surface area contributed by atoms with Gasteiger partial charge in [0.05, 0.1) is 11.8 Å². The number of hydrazone groups is 1. The van der Waals surface area contributed by atoms with E-state index in [9.17, 15) is 9.90 Å². The van der Waals surface area contributed by atoms with Crippen LogP contribution in [0.1, 0.15) is 21.5 Å². The lowest BCUT2D eigenvalue weighted by molar-refractivity contribution is 0.0950. The Morgan fingerprint density at radius 2 is 1.65 bits per heavy atom. The fourth-order valence-electron chi connectivity index (χ4n) is 2.33. The van der Waals surface area contributed by atoms with Gasteiger partial charge in [0.2, 0.25) is 0 Å².